The van der Waals surface area contributed by atoms with E-state index in [2.05, 4.69) is 74.7 Å². The van der Waals surface area contributed by atoms with Crippen molar-refractivity contribution in [3.05, 3.63) is 68.4 Å². The van der Waals surface area contributed by atoms with Gasteiger partial charge in [-0.25, -0.2) is 0 Å². The predicted molar refractivity (Wildman–Crippen MR) is 95.8 cm³/mol. The van der Waals surface area contributed by atoms with Crippen LogP contribution in [0.15, 0.2) is 36.4 Å². The molecule has 2 rings (SSSR count). The lowest BCUT2D eigenvalue weighted by molar-refractivity contribution is 0.818. The van der Waals surface area contributed by atoms with Gasteiger partial charge in [0.2, 0.25) is 0 Å². The zero-order chi connectivity index (χ0) is 15.2. The molecule has 0 aliphatic rings. The number of hydrogen-bond donors (Lipinski definition) is 1. The minimum atomic E-state index is 0.917. The van der Waals surface area contributed by atoms with Crippen LogP contribution in [0, 0.1) is 20.8 Å². The van der Waals surface area contributed by atoms with Crippen molar-refractivity contribution in [2.24, 2.45) is 0 Å². The lowest BCUT2D eigenvalue weighted by atomic mass is 10.1. The molecule has 0 aliphatic carbocycles. The summed E-state index contributed by atoms with van der Waals surface area (Å²) in [5.74, 6) is 0. The van der Waals surface area contributed by atoms with Gasteiger partial charge in [-0.05, 0) is 56.1 Å². The van der Waals surface area contributed by atoms with Gasteiger partial charge in [-0.3, -0.25) is 0 Å². The van der Waals surface area contributed by atoms with Crippen LogP contribution in [0.5, 0.6) is 0 Å². The van der Waals surface area contributed by atoms with E-state index in [1.54, 1.807) is 0 Å². The summed E-state index contributed by atoms with van der Waals surface area (Å²) in [5, 5.41) is 3.16. The Kier molecular flexibility index (Phi) is 5.54. The van der Waals surface area contributed by atoms with Crippen LogP contribution in [0.25, 0.3) is 12.2 Å². The van der Waals surface area contributed by atoms with Crippen LogP contribution >= 0.6 is 11.3 Å². The Morgan fingerprint density at radius 3 is 2.19 bits per heavy atom. The number of hydrogen-bond acceptors (Lipinski definition) is 2. The van der Waals surface area contributed by atoms with Gasteiger partial charge in [-0.2, -0.15) is 0 Å². The molecule has 0 unspecified atom stereocenters. The standard InChI is InChI=1S/C19H23NS/c1-14-15(2)19(21-16(14)3)8-6-5-7-17-9-11-18(12-10-17)13-20-4/h5-12,20H,13H2,1-4H3/b7-5+,8-6+. The van der Waals surface area contributed by atoms with E-state index in [4.69, 9.17) is 0 Å². The Morgan fingerprint density at radius 2 is 1.62 bits per heavy atom. The molecule has 0 atom stereocenters. The maximum Gasteiger partial charge on any atom is 0.0305 e. The zero-order valence-corrected chi connectivity index (χ0v) is 14.1. The van der Waals surface area contributed by atoms with Crippen molar-refractivity contribution >= 4 is 23.5 Å². The monoisotopic (exact) mass is 297 g/mol. The third-order valence-electron chi connectivity index (χ3n) is 3.73. The molecule has 0 spiro atoms. The molecule has 0 amide bonds. The van der Waals surface area contributed by atoms with Crippen molar-refractivity contribution in [2.45, 2.75) is 27.3 Å². The normalized spacial score (nSPS) is 11.8. The van der Waals surface area contributed by atoms with E-state index in [9.17, 15) is 0 Å². The summed E-state index contributed by atoms with van der Waals surface area (Å²) in [5.41, 5.74) is 5.36. The Hall–Kier alpha value is -1.64. The Labute approximate surface area is 132 Å². The number of aryl methyl sites for hydroxylation is 1. The fourth-order valence-corrected chi connectivity index (χ4v) is 3.28. The third kappa shape index (κ3) is 4.16. The molecule has 1 aromatic carbocycles. The number of nitrogens with one attached hydrogen (secondary N) is 1. The first-order valence-corrected chi connectivity index (χ1v) is 8.08. The molecule has 21 heavy (non-hydrogen) atoms. The molecule has 1 nitrogen and oxygen atoms in total. The number of benzene rings is 1. The van der Waals surface area contributed by atoms with E-state index in [1.165, 1.54) is 32.0 Å². The van der Waals surface area contributed by atoms with Crippen LogP contribution in [-0.4, -0.2) is 7.05 Å². The Morgan fingerprint density at radius 1 is 0.952 bits per heavy atom. The largest absolute Gasteiger partial charge is 0.316 e. The molecule has 0 saturated heterocycles. The summed E-state index contributed by atoms with van der Waals surface area (Å²) < 4.78 is 0. The van der Waals surface area contributed by atoms with E-state index in [1.807, 2.05) is 18.4 Å². The summed E-state index contributed by atoms with van der Waals surface area (Å²) in [6.45, 7) is 7.50. The second-order valence-corrected chi connectivity index (χ2v) is 6.52. The summed E-state index contributed by atoms with van der Waals surface area (Å²) in [7, 11) is 1.97. The first-order valence-electron chi connectivity index (χ1n) is 7.26. The highest BCUT2D eigenvalue weighted by Gasteiger charge is 2.04. The minimum absolute atomic E-state index is 0.917. The highest BCUT2D eigenvalue weighted by Crippen LogP contribution is 2.27. The van der Waals surface area contributed by atoms with Crippen molar-refractivity contribution in [1.82, 2.24) is 5.32 Å². The van der Waals surface area contributed by atoms with Crippen molar-refractivity contribution in [1.29, 1.82) is 0 Å². The van der Waals surface area contributed by atoms with E-state index in [0.29, 0.717) is 0 Å². The third-order valence-corrected chi connectivity index (χ3v) is 5.01. The molecule has 1 N–H and O–H groups in total. The quantitative estimate of drug-likeness (QED) is 0.755. The number of allylic oxidation sites excluding steroid dienone is 2. The van der Waals surface area contributed by atoms with Crippen molar-refractivity contribution in [2.75, 3.05) is 7.05 Å². The van der Waals surface area contributed by atoms with Gasteiger partial charge in [0.25, 0.3) is 0 Å². The van der Waals surface area contributed by atoms with Crippen LogP contribution in [0.3, 0.4) is 0 Å². The van der Waals surface area contributed by atoms with Gasteiger partial charge in [0.15, 0.2) is 0 Å². The lowest BCUT2D eigenvalue weighted by Gasteiger charge is -1.99. The van der Waals surface area contributed by atoms with Crippen LogP contribution < -0.4 is 5.32 Å². The van der Waals surface area contributed by atoms with E-state index >= 15 is 0 Å². The Bertz CT molecular complexity index is 645. The summed E-state index contributed by atoms with van der Waals surface area (Å²) >= 11 is 1.87. The van der Waals surface area contributed by atoms with Crippen molar-refractivity contribution in [3.63, 3.8) is 0 Å². The molecular formula is C19H23NS. The highest BCUT2D eigenvalue weighted by molar-refractivity contribution is 7.13. The molecule has 0 aliphatic heterocycles. The van der Waals surface area contributed by atoms with Gasteiger partial charge in [0.05, 0.1) is 0 Å². The van der Waals surface area contributed by atoms with Crippen LogP contribution in [0.4, 0.5) is 0 Å². The Balaban J connectivity index is 2.01. The lowest BCUT2D eigenvalue weighted by Crippen LogP contribution is -2.04. The van der Waals surface area contributed by atoms with Crippen molar-refractivity contribution < 1.29 is 0 Å². The maximum absolute atomic E-state index is 3.16. The summed E-state index contributed by atoms with van der Waals surface area (Å²) in [6, 6.07) is 8.63. The average Bonchev–Trinajstić information content (AvgIpc) is 2.73. The fraction of sp³-hybridized carbons (Fsp3) is 0.263. The van der Waals surface area contributed by atoms with E-state index < -0.39 is 0 Å². The van der Waals surface area contributed by atoms with Gasteiger partial charge in [0.1, 0.15) is 0 Å². The van der Waals surface area contributed by atoms with Gasteiger partial charge in [-0.15, -0.1) is 11.3 Å². The number of thiophene rings is 1. The van der Waals surface area contributed by atoms with Crippen LogP contribution in [0.1, 0.15) is 32.0 Å². The van der Waals surface area contributed by atoms with Crippen LogP contribution in [0.2, 0.25) is 0 Å². The molecule has 0 radical (unpaired) electrons. The summed E-state index contributed by atoms with van der Waals surface area (Å²) in [4.78, 5) is 2.77. The molecule has 110 valence electrons. The highest BCUT2D eigenvalue weighted by atomic mass is 32.1. The molecule has 1 aromatic heterocycles. The predicted octanol–water partition coefficient (Wildman–Crippen LogP) is 5.12. The second-order valence-electron chi connectivity index (χ2n) is 5.26. The van der Waals surface area contributed by atoms with Gasteiger partial charge < -0.3 is 5.32 Å². The first kappa shape index (κ1) is 15.7. The molecule has 0 bridgehead atoms. The summed E-state index contributed by atoms with van der Waals surface area (Å²) in [6.07, 6.45) is 8.57. The number of rotatable bonds is 5. The van der Waals surface area contributed by atoms with Crippen molar-refractivity contribution in [3.8, 4) is 0 Å². The second kappa shape index (κ2) is 7.39. The molecule has 2 heteroatoms. The maximum atomic E-state index is 3.16. The smallest absolute Gasteiger partial charge is 0.0305 e. The topological polar surface area (TPSA) is 12.0 Å². The van der Waals surface area contributed by atoms with Crippen LogP contribution in [-0.2, 0) is 6.54 Å². The van der Waals surface area contributed by atoms with E-state index in [-0.39, 0.29) is 0 Å². The molecule has 0 fully saturated rings. The molecule has 2 aromatic rings. The van der Waals surface area contributed by atoms with E-state index in [0.717, 1.165) is 6.54 Å². The SMILES string of the molecule is CNCc1ccc(/C=C/C=C/c2sc(C)c(C)c2C)cc1. The molecular weight excluding hydrogens is 274 g/mol. The average molecular weight is 297 g/mol. The molecule has 1 heterocycles. The van der Waals surface area contributed by atoms with Gasteiger partial charge in [-0.1, -0.05) is 42.5 Å². The van der Waals surface area contributed by atoms with Gasteiger partial charge >= 0.3 is 0 Å². The minimum Gasteiger partial charge on any atom is -0.316 e. The molecule has 0 saturated carbocycles. The zero-order valence-electron chi connectivity index (χ0n) is 13.2. The fourth-order valence-electron chi connectivity index (χ4n) is 2.19. The van der Waals surface area contributed by atoms with Gasteiger partial charge in [0, 0.05) is 16.3 Å². The first-order chi connectivity index (χ1) is 10.1.